The van der Waals surface area contributed by atoms with Gasteiger partial charge in [-0.3, -0.25) is 24.0 Å². The number of carboxylic acids is 1. The lowest BCUT2D eigenvalue weighted by molar-refractivity contribution is -0.138. The fourth-order valence-electron chi connectivity index (χ4n) is 14.8. The number of aromatic nitrogens is 3. The first kappa shape index (κ1) is 71.1. The van der Waals surface area contributed by atoms with Crippen LogP contribution in [0.25, 0.3) is 32.7 Å². The van der Waals surface area contributed by atoms with E-state index in [-0.39, 0.29) is 53.3 Å². The van der Waals surface area contributed by atoms with Crippen LogP contribution in [0.15, 0.2) is 109 Å². The van der Waals surface area contributed by atoms with Crippen LogP contribution in [0, 0.1) is 0 Å². The molecule has 0 radical (unpaired) electrons. The maximum Gasteiger partial charge on any atom is 0.303 e. The molecule has 8 aromatic rings. The molecule has 3 aromatic heterocycles. The van der Waals surface area contributed by atoms with Crippen molar-refractivity contribution in [3.05, 3.63) is 160 Å². The molecule has 0 aliphatic carbocycles. The van der Waals surface area contributed by atoms with E-state index in [2.05, 4.69) is 108 Å². The van der Waals surface area contributed by atoms with Crippen LogP contribution in [0.3, 0.4) is 0 Å². The summed E-state index contributed by atoms with van der Waals surface area (Å²) >= 11 is 5.74. The van der Waals surface area contributed by atoms with Crippen LogP contribution in [0.2, 0.25) is 0 Å². The van der Waals surface area contributed by atoms with Crippen LogP contribution in [0.1, 0.15) is 132 Å². The van der Waals surface area contributed by atoms with Crippen molar-refractivity contribution in [3.8, 4) is 17.2 Å². The molecule has 6 aliphatic rings. The summed E-state index contributed by atoms with van der Waals surface area (Å²) in [5.74, 6) is 2.83. The Morgan fingerprint density at radius 3 is 1.64 bits per heavy atom. The number of ether oxygens (including phenoxy) is 3. The Labute approximate surface area is 573 Å². The van der Waals surface area contributed by atoms with Gasteiger partial charge in [0.25, 0.3) is 11.8 Å². The van der Waals surface area contributed by atoms with Crippen molar-refractivity contribution < 1.29 is 48.1 Å². The highest BCUT2D eigenvalue weighted by molar-refractivity contribution is 6.17. The van der Waals surface area contributed by atoms with Crippen molar-refractivity contribution in [2.24, 2.45) is 5.73 Å². The van der Waals surface area contributed by atoms with E-state index in [9.17, 15) is 28.8 Å². The first-order valence-corrected chi connectivity index (χ1v) is 34.3. The summed E-state index contributed by atoms with van der Waals surface area (Å²) in [6, 6.07) is 35.1. The van der Waals surface area contributed by atoms with Crippen molar-refractivity contribution in [3.63, 3.8) is 0 Å². The summed E-state index contributed by atoms with van der Waals surface area (Å²) in [4.78, 5) is 89.2. The molecule has 4 fully saturated rings. The number of carboxylic acid groups (broad SMARTS) is 1. The fraction of sp³-hybridized carbons (Fsp3) is 0.447. The van der Waals surface area contributed by atoms with Gasteiger partial charge in [0.05, 0.1) is 44.3 Å². The van der Waals surface area contributed by atoms with Crippen molar-refractivity contribution in [1.82, 2.24) is 43.9 Å². The van der Waals surface area contributed by atoms with Gasteiger partial charge in [-0.1, -0.05) is 24.3 Å². The average molecular weight is 1340 g/mol. The van der Waals surface area contributed by atoms with Crippen LogP contribution in [0.5, 0.6) is 17.2 Å². The molecule has 9 heterocycles. The number of likely N-dealkylation sites (tertiary alicyclic amines) is 2. The first-order chi connectivity index (χ1) is 46.5. The number of Topliss-reactive ketones (excluding diaryl/α,β-unsaturated/α-hetero) is 1. The molecule has 5 N–H and O–H groups in total. The Bertz CT molecular complexity index is 4140. The molecule has 0 saturated carbocycles. The van der Waals surface area contributed by atoms with E-state index in [1.54, 1.807) is 21.3 Å². The zero-order valence-corrected chi connectivity index (χ0v) is 58.7. The third-order valence-electron chi connectivity index (χ3n) is 20.5. The number of fused-ring (bicyclic) bond motifs is 11. The van der Waals surface area contributed by atoms with Crippen LogP contribution in [0.4, 0.5) is 0 Å². The summed E-state index contributed by atoms with van der Waals surface area (Å²) < 4.78 is 18.4. The molecule has 21 heteroatoms. The van der Waals surface area contributed by atoms with Gasteiger partial charge in [-0.2, -0.15) is 0 Å². The van der Waals surface area contributed by atoms with E-state index in [4.69, 9.17) is 36.7 Å². The predicted molar refractivity (Wildman–Crippen MR) is 380 cm³/mol. The Morgan fingerprint density at radius 2 is 1.13 bits per heavy atom. The number of likely N-dealkylation sites (N-methyl/N-ethyl adjacent to an activating group) is 2. The van der Waals surface area contributed by atoms with E-state index in [1.807, 2.05) is 87.6 Å². The number of methoxy groups -OCH3 is 3. The number of hydrogen-bond donors (Lipinski definition) is 4. The van der Waals surface area contributed by atoms with E-state index >= 15 is 0 Å². The zero-order valence-electron chi connectivity index (χ0n) is 57.9. The quantitative estimate of drug-likeness (QED) is 0.0701. The van der Waals surface area contributed by atoms with Crippen molar-refractivity contribution in [2.45, 2.75) is 127 Å². The topological polar surface area (TPSA) is 232 Å². The van der Waals surface area contributed by atoms with Gasteiger partial charge >= 0.3 is 5.97 Å². The lowest BCUT2D eigenvalue weighted by Gasteiger charge is -2.41. The van der Waals surface area contributed by atoms with Gasteiger partial charge in [-0.05, 0) is 189 Å². The largest absolute Gasteiger partial charge is 0.497 e. The molecule has 4 unspecified atom stereocenters. The van der Waals surface area contributed by atoms with Crippen LogP contribution >= 0.6 is 11.6 Å². The van der Waals surface area contributed by atoms with Crippen molar-refractivity contribution in [1.29, 1.82) is 0 Å². The highest BCUT2D eigenvalue weighted by atomic mass is 35.5. The van der Waals surface area contributed by atoms with E-state index < -0.39 is 5.97 Å². The minimum absolute atomic E-state index is 0.0463. The molecule has 0 spiro atoms. The number of nitrogens with two attached hydrogens (primary N) is 1. The van der Waals surface area contributed by atoms with Crippen LogP contribution in [-0.2, 0) is 61.9 Å². The highest BCUT2D eigenvalue weighted by Gasteiger charge is 2.50. The van der Waals surface area contributed by atoms with Gasteiger partial charge in [0.2, 0.25) is 11.8 Å². The Kier molecular flexibility index (Phi) is 22.6. The third-order valence-corrected chi connectivity index (χ3v) is 20.8. The highest BCUT2D eigenvalue weighted by Crippen LogP contribution is 2.49. The molecule has 4 atom stereocenters. The Balaban J connectivity index is 0.000000144. The van der Waals surface area contributed by atoms with Crippen LogP contribution < -0.4 is 19.9 Å². The predicted octanol–water partition coefficient (Wildman–Crippen LogP) is 10.8. The van der Waals surface area contributed by atoms with Gasteiger partial charge in [-0.25, -0.2) is 0 Å². The number of H-pyrrole nitrogens is 2. The zero-order chi connectivity index (χ0) is 69.5. The summed E-state index contributed by atoms with van der Waals surface area (Å²) in [5, 5.41) is 11.8. The molecule has 20 nitrogen and oxygen atoms in total. The maximum absolute atomic E-state index is 13.1. The molecular weight excluding hydrogens is 1250 g/mol. The normalized spacial score (nSPS) is 19.9. The Hall–Kier alpha value is -8.69. The molecule has 97 heavy (non-hydrogen) atoms. The van der Waals surface area contributed by atoms with Crippen molar-refractivity contribution in [2.75, 3.05) is 95.3 Å². The number of carbonyl (C=O) groups is 6. The fourth-order valence-corrected chi connectivity index (χ4v) is 15.0. The molecule has 4 saturated heterocycles. The van der Waals surface area contributed by atoms with E-state index in [1.165, 1.54) is 51.2 Å². The number of aliphatic carboxylic acids is 1. The second-order valence-electron chi connectivity index (χ2n) is 27.0. The molecule has 4 amide bonds. The number of aromatic amines is 2. The van der Waals surface area contributed by atoms with Crippen molar-refractivity contribution >= 4 is 79.7 Å². The van der Waals surface area contributed by atoms with E-state index in [0.29, 0.717) is 43.9 Å². The van der Waals surface area contributed by atoms with Gasteiger partial charge in [0.1, 0.15) is 23.0 Å². The summed E-state index contributed by atoms with van der Waals surface area (Å²) in [5.41, 5.74) is 18.6. The SMILES string of the molecule is CC(=O)CCC(=O)O.CN(C)C1CCN(C(=O)c2ccc(CCl)cc2)C1.COc1ccc2c(CCN)c[nH]c2c1.COc1ccc2c3c([nH]c2c1)C1(C)CCC(=O)N1CC3.COc1ccc2c3c(n(Cc4ccc(C(=O)N5CCC(N(C)C)C5)cc4)c2c1)C1(C)CCC(=O)N1CC3. The third kappa shape index (κ3) is 15.4. The second kappa shape index (κ2) is 30.8. The molecule has 6 aliphatic heterocycles. The number of hydrogen-bond acceptors (Lipinski definition) is 12. The summed E-state index contributed by atoms with van der Waals surface area (Å²) in [7, 11) is 13.3. The number of alkyl halides is 1. The number of nitrogens with one attached hydrogen (secondary N) is 2. The maximum atomic E-state index is 13.1. The molecule has 516 valence electrons. The number of benzene rings is 5. The number of nitrogens with zero attached hydrogens (tertiary/aromatic N) is 7. The van der Waals surface area contributed by atoms with Gasteiger partial charge in [0, 0.05) is 157 Å². The minimum atomic E-state index is -0.916. The van der Waals surface area contributed by atoms with Gasteiger partial charge < -0.3 is 73.8 Å². The molecule has 5 aromatic carbocycles. The minimum Gasteiger partial charge on any atom is -0.497 e. The number of halogens is 1. The van der Waals surface area contributed by atoms with E-state index in [0.717, 1.165) is 140 Å². The molecule has 0 bridgehead atoms. The number of carbonyl (C=O) groups excluding carboxylic acids is 5. The number of rotatable bonds is 15. The molecular formula is C76H95ClN10O10. The summed E-state index contributed by atoms with van der Waals surface area (Å²) in [6.45, 7) is 12.0. The summed E-state index contributed by atoms with van der Waals surface area (Å²) in [6.07, 6.45) is 9.90. The number of ketones is 1. The average Bonchev–Trinajstić information content (AvgIpc) is 1.57. The first-order valence-electron chi connectivity index (χ1n) is 33.7. The standard InChI is InChI=1S/C30H36N4O3.C16H18N2O2.C14H19ClN2O.C11H14N2O.C5H8O3/c1-30-14-11-27(35)34(30)16-13-25-24-10-9-23(37-4)17-26(24)33(28(25)30)18-20-5-7-21(8-6-20)29(36)32-15-12-22(19-32)31(2)3;1-16-7-5-14(19)18(16)8-6-12-11-4-3-10(20-2)9-13(11)17-15(12)16;1-16(2)13-7-8-17(10-13)14(18)12-5-3-11(9-15)4-6-12;1-14-9-2-3-10-8(4-5-12)7-13-11(10)6-9;1-4(6)2-3-5(7)8/h5-10,17,22H,11-16,18-19H2,1-4H3;3-4,9,17H,5-8H2,1-2H3;3-6,13H,7-10H2,1-2H3;2-3,6-7,13H,4-5,12H2,1H3;2-3H2,1H3,(H,7,8). The monoisotopic (exact) mass is 1340 g/mol. The van der Waals surface area contributed by atoms with Crippen LogP contribution in [-0.4, -0.2) is 192 Å². The smallest absolute Gasteiger partial charge is 0.303 e. The van der Waals surface area contributed by atoms with Gasteiger partial charge in [0.15, 0.2) is 0 Å². The van der Waals surface area contributed by atoms with Gasteiger partial charge in [-0.15, -0.1) is 11.6 Å². The Morgan fingerprint density at radius 1 is 0.629 bits per heavy atom. The number of amides is 4. The molecule has 14 rings (SSSR count). The second-order valence-corrected chi connectivity index (χ2v) is 27.3. The lowest BCUT2D eigenvalue weighted by atomic mass is 9.86. The lowest BCUT2D eigenvalue weighted by Crippen LogP contribution is -2.47.